The minimum Gasteiger partial charge on any atom is -0.482 e. The smallest absolute Gasteiger partial charge is 0.276 e. The summed E-state index contributed by atoms with van der Waals surface area (Å²) in [6.45, 7) is -0.288. The zero-order valence-electron chi connectivity index (χ0n) is 12.2. The van der Waals surface area contributed by atoms with Crippen molar-refractivity contribution in [3.8, 4) is 11.8 Å². The number of hydrogen-bond donors (Lipinski definition) is 2. The molecule has 7 heteroatoms. The van der Waals surface area contributed by atoms with Crippen LogP contribution in [0.4, 0.5) is 0 Å². The predicted molar refractivity (Wildman–Crippen MR) is 85.6 cm³/mol. The Morgan fingerprint density at radius 3 is 2.65 bits per heavy atom. The van der Waals surface area contributed by atoms with Crippen LogP contribution >= 0.6 is 11.3 Å². The Hall–Kier alpha value is -2.85. The molecule has 1 aromatic heterocycles. The van der Waals surface area contributed by atoms with Gasteiger partial charge in [-0.3, -0.25) is 20.4 Å². The van der Waals surface area contributed by atoms with Gasteiger partial charge in [-0.1, -0.05) is 18.2 Å². The number of benzene rings is 1. The highest BCUT2D eigenvalue weighted by atomic mass is 32.1. The third-order valence-electron chi connectivity index (χ3n) is 2.89. The van der Waals surface area contributed by atoms with Crippen LogP contribution in [0.3, 0.4) is 0 Å². The molecule has 0 aliphatic heterocycles. The Labute approximate surface area is 137 Å². The van der Waals surface area contributed by atoms with Gasteiger partial charge in [-0.2, -0.15) is 5.26 Å². The number of amides is 2. The molecule has 2 N–H and O–H groups in total. The Morgan fingerprint density at radius 2 is 1.91 bits per heavy atom. The molecule has 0 saturated heterocycles. The van der Waals surface area contributed by atoms with Gasteiger partial charge >= 0.3 is 0 Å². The number of carbonyl (C=O) groups is 2. The predicted octanol–water partition coefficient (Wildman–Crippen LogP) is 1.78. The summed E-state index contributed by atoms with van der Waals surface area (Å²) in [5.74, 6) is -0.444. The van der Waals surface area contributed by atoms with Gasteiger partial charge in [0, 0.05) is 11.3 Å². The molecule has 118 valence electrons. The SMILES string of the molecule is N#Cc1ccccc1OCC(=O)NNC(=O)CCc1cccs1. The van der Waals surface area contributed by atoms with Gasteiger partial charge in [-0.15, -0.1) is 11.3 Å². The first-order valence-electron chi connectivity index (χ1n) is 6.91. The van der Waals surface area contributed by atoms with Crippen molar-refractivity contribution in [3.63, 3.8) is 0 Å². The molecule has 0 unspecified atom stereocenters. The summed E-state index contributed by atoms with van der Waals surface area (Å²) in [6.07, 6.45) is 0.921. The van der Waals surface area contributed by atoms with Gasteiger partial charge in [0.2, 0.25) is 5.91 Å². The fourth-order valence-electron chi connectivity index (χ4n) is 1.76. The molecule has 0 atom stereocenters. The Kier molecular flexibility index (Phi) is 6.15. The molecule has 0 radical (unpaired) electrons. The number of nitrogens with zero attached hydrogens (tertiary/aromatic N) is 1. The zero-order valence-corrected chi connectivity index (χ0v) is 13.1. The zero-order chi connectivity index (χ0) is 16.5. The van der Waals surface area contributed by atoms with E-state index in [2.05, 4.69) is 10.9 Å². The van der Waals surface area contributed by atoms with Gasteiger partial charge in [0.05, 0.1) is 5.56 Å². The number of nitriles is 1. The Bertz CT molecular complexity index is 708. The van der Waals surface area contributed by atoms with Crippen LogP contribution < -0.4 is 15.6 Å². The van der Waals surface area contributed by atoms with Crippen molar-refractivity contribution >= 4 is 23.2 Å². The van der Waals surface area contributed by atoms with Crippen LogP contribution in [-0.2, 0) is 16.0 Å². The maximum Gasteiger partial charge on any atom is 0.276 e. The largest absolute Gasteiger partial charge is 0.482 e. The number of thiophene rings is 1. The number of rotatable bonds is 6. The Balaban J connectivity index is 1.68. The van der Waals surface area contributed by atoms with Crippen molar-refractivity contribution < 1.29 is 14.3 Å². The lowest BCUT2D eigenvalue weighted by Gasteiger charge is -2.09. The summed E-state index contributed by atoms with van der Waals surface area (Å²) >= 11 is 1.58. The number of hydrazine groups is 1. The number of aryl methyl sites for hydroxylation is 1. The highest BCUT2D eigenvalue weighted by molar-refractivity contribution is 7.09. The summed E-state index contributed by atoms with van der Waals surface area (Å²) in [6, 6.07) is 12.5. The van der Waals surface area contributed by atoms with Crippen LogP contribution in [0.15, 0.2) is 41.8 Å². The molecule has 0 bridgehead atoms. The second-order valence-electron chi connectivity index (χ2n) is 4.57. The molecule has 0 aliphatic carbocycles. The number of hydrogen-bond acceptors (Lipinski definition) is 5. The topological polar surface area (TPSA) is 91.2 Å². The molecule has 1 aromatic carbocycles. The van der Waals surface area contributed by atoms with Gasteiger partial charge in [-0.25, -0.2) is 0 Å². The number of nitrogens with one attached hydrogen (secondary N) is 2. The van der Waals surface area contributed by atoms with Crippen LogP contribution in [0.5, 0.6) is 5.75 Å². The maximum absolute atomic E-state index is 11.6. The standard InChI is InChI=1S/C16H15N3O3S/c17-10-12-4-1-2-6-14(12)22-11-16(21)19-18-15(20)8-7-13-5-3-9-23-13/h1-6,9H,7-8,11H2,(H,18,20)(H,19,21). The van der Waals surface area contributed by atoms with Gasteiger partial charge in [-0.05, 0) is 30.0 Å². The lowest BCUT2D eigenvalue weighted by atomic mass is 10.2. The van der Waals surface area contributed by atoms with E-state index in [1.54, 1.807) is 35.6 Å². The molecule has 2 aromatic rings. The van der Waals surface area contributed by atoms with Crippen molar-refractivity contribution in [1.82, 2.24) is 10.9 Å². The minimum atomic E-state index is -0.498. The van der Waals surface area contributed by atoms with Crippen LogP contribution in [-0.4, -0.2) is 18.4 Å². The first kappa shape index (κ1) is 16.5. The number of para-hydroxylation sites is 1. The van der Waals surface area contributed by atoms with Crippen LogP contribution in [0.1, 0.15) is 16.9 Å². The van der Waals surface area contributed by atoms with Gasteiger partial charge in [0.25, 0.3) is 5.91 Å². The molecule has 1 heterocycles. The molecule has 2 amide bonds. The van der Waals surface area contributed by atoms with Crippen molar-refractivity contribution in [2.45, 2.75) is 12.8 Å². The summed E-state index contributed by atoms with van der Waals surface area (Å²) in [4.78, 5) is 24.3. The average Bonchev–Trinajstić information content (AvgIpc) is 3.10. The molecule has 23 heavy (non-hydrogen) atoms. The van der Waals surface area contributed by atoms with E-state index in [-0.39, 0.29) is 12.5 Å². The summed E-state index contributed by atoms with van der Waals surface area (Å²) < 4.78 is 5.26. The third kappa shape index (κ3) is 5.45. The molecule has 0 aliphatic rings. The second-order valence-corrected chi connectivity index (χ2v) is 5.60. The Morgan fingerprint density at radius 1 is 1.13 bits per heavy atom. The number of ether oxygens (including phenoxy) is 1. The van der Waals surface area contributed by atoms with Gasteiger partial charge in [0.15, 0.2) is 6.61 Å². The van der Waals surface area contributed by atoms with Crippen molar-refractivity contribution in [2.24, 2.45) is 0 Å². The second kappa shape index (κ2) is 8.56. The van der Waals surface area contributed by atoms with Crippen molar-refractivity contribution in [2.75, 3.05) is 6.61 Å². The van der Waals surface area contributed by atoms with Crippen LogP contribution in [0.2, 0.25) is 0 Å². The highest BCUT2D eigenvalue weighted by Gasteiger charge is 2.08. The number of carbonyl (C=O) groups excluding carboxylic acids is 2. The summed E-state index contributed by atoms with van der Waals surface area (Å²) in [7, 11) is 0. The molecule has 0 fully saturated rings. The van der Waals surface area contributed by atoms with E-state index in [1.165, 1.54) is 0 Å². The van der Waals surface area contributed by atoms with E-state index in [0.29, 0.717) is 24.2 Å². The minimum absolute atomic E-state index is 0.274. The molecular weight excluding hydrogens is 314 g/mol. The normalized spacial score (nSPS) is 9.70. The highest BCUT2D eigenvalue weighted by Crippen LogP contribution is 2.16. The van der Waals surface area contributed by atoms with E-state index >= 15 is 0 Å². The fraction of sp³-hybridized carbons (Fsp3) is 0.188. The lowest BCUT2D eigenvalue weighted by molar-refractivity contribution is -0.130. The van der Waals surface area contributed by atoms with Crippen molar-refractivity contribution in [3.05, 3.63) is 52.2 Å². The molecule has 6 nitrogen and oxygen atoms in total. The maximum atomic E-state index is 11.6. The molecule has 0 saturated carbocycles. The monoisotopic (exact) mass is 329 g/mol. The van der Waals surface area contributed by atoms with E-state index in [4.69, 9.17) is 10.00 Å². The molecule has 2 rings (SSSR count). The van der Waals surface area contributed by atoms with Crippen molar-refractivity contribution in [1.29, 1.82) is 5.26 Å². The lowest BCUT2D eigenvalue weighted by Crippen LogP contribution is -2.43. The van der Waals surface area contributed by atoms with Crippen LogP contribution in [0.25, 0.3) is 0 Å². The average molecular weight is 329 g/mol. The van der Waals surface area contributed by atoms with Crippen LogP contribution in [0, 0.1) is 11.3 Å². The van der Waals surface area contributed by atoms with E-state index in [9.17, 15) is 9.59 Å². The first-order chi connectivity index (χ1) is 11.2. The molecular formula is C16H15N3O3S. The van der Waals surface area contributed by atoms with E-state index in [1.807, 2.05) is 23.6 Å². The third-order valence-corrected chi connectivity index (χ3v) is 3.82. The first-order valence-corrected chi connectivity index (χ1v) is 7.79. The van der Waals surface area contributed by atoms with Gasteiger partial charge in [0.1, 0.15) is 11.8 Å². The van der Waals surface area contributed by atoms with E-state index in [0.717, 1.165) is 4.88 Å². The molecule has 0 spiro atoms. The quantitative estimate of drug-likeness (QED) is 0.790. The van der Waals surface area contributed by atoms with E-state index < -0.39 is 5.91 Å². The summed E-state index contributed by atoms with van der Waals surface area (Å²) in [5, 5.41) is 10.9. The summed E-state index contributed by atoms with van der Waals surface area (Å²) in [5.41, 5.74) is 4.96. The fourth-order valence-corrected chi connectivity index (χ4v) is 2.47. The van der Waals surface area contributed by atoms with Gasteiger partial charge < -0.3 is 4.74 Å².